The van der Waals surface area contributed by atoms with Crippen molar-refractivity contribution in [3.8, 4) is 0 Å². The molecule has 1 fully saturated rings. The minimum absolute atomic E-state index is 0.0466. The zero-order valence-electron chi connectivity index (χ0n) is 6.61. The van der Waals surface area contributed by atoms with Crippen LogP contribution in [0.1, 0.15) is 13.3 Å². The highest BCUT2D eigenvalue weighted by Gasteiger charge is 2.32. The molecule has 2 N–H and O–H groups in total. The molecule has 3 atom stereocenters. The van der Waals surface area contributed by atoms with Gasteiger partial charge in [-0.25, -0.2) is 0 Å². The van der Waals surface area contributed by atoms with Crippen LogP contribution < -0.4 is 0 Å². The van der Waals surface area contributed by atoms with Crippen LogP contribution in [-0.4, -0.2) is 35.9 Å². The second kappa shape index (κ2) is 2.65. The number of ketones is 1. The molecule has 0 radical (unpaired) electrons. The van der Waals surface area contributed by atoms with E-state index in [9.17, 15) is 4.79 Å². The maximum atomic E-state index is 10.9. The molecular weight excluding hydrogens is 136 g/mol. The zero-order chi connectivity index (χ0) is 8.43. The van der Waals surface area contributed by atoms with E-state index >= 15 is 0 Å². The smallest absolute Gasteiger partial charge is 0.213 e. The maximum absolute atomic E-state index is 10.9. The molecule has 1 rings (SSSR count). The van der Waals surface area contributed by atoms with E-state index in [2.05, 4.69) is 5.11 Å². The van der Waals surface area contributed by atoms with Crippen molar-refractivity contribution in [2.75, 3.05) is 0 Å². The molecule has 0 spiro atoms. The van der Waals surface area contributed by atoms with Gasteiger partial charge in [0.15, 0.2) is 12.1 Å². The van der Waals surface area contributed by atoms with Crippen LogP contribution in [0, 0.1) is 0 Å². The van der Waals surface area contributed by atoms with Crippen molar-refractivity contribution in [1.29, 1.82) is 1.43 Å². The van der Waals surface area contributed by atoms with Gasteiger partial charge in [-0.1, -0.05) is 0 Å². The summed E-state index contributed by atoms with van der Waals surface area (Å²) >= 11 is 0. The molecule has 0 amide bonds. The lowest BCUT2D eigenvalue weighted by molar-refractivity contribution is -0.194. The largest absolute Gasteiger partial charge is 0.383 e. The van der Waals surface area contributed by atoms with Crippen molar-refractivity contribution >= 4 is 5.78 Å². The van der Waals surface area contributed by atoms with E-state index < -0.39 is 18.5 Å². The van der Waals surface area contributed by atoms with Crippen LogP contribution in [0.4, 0.5) is 0 Å². The molecule has 1 aliphatic heterocycles. The fourth-order valence-electron chi connectivity index (χ4n) is 0.909. The van der Waals surface area contributed by atoms with E-state index in [1.807, 2.05) is 0 Å². The van der Waals surface area contributed by atoms with Gasteiger partial charge in [-0.3, -0.25) is 4.79 Å². The van der Waals surface area contributed by atoms with Crippen LogP contribution >= 0.6 is 0 Å². The van der Waals surface area contributed by atoms with E-state index in [1.165, 1.54) is 0 Å². The summed E-state index contributed by atoms with van der Waals surface area (Å²) in [5, 5.41) is 13.1. The number of hydrogen-bond acceptors (Lipinski definition) is 4. The number of carbonyl (C=O) groups excluding carboxylic acids is 1. The van der Waals surface area contributed by atoms with Gasteiger partial charge in [0, 0.05) is 0 Å². The topological polar surface area (TPSA) is 66.8 Å². The Morgan fingerprint density at radius 1 is 1.90 bits per heavy atom. The minimum Gasteiger partial charge on any atom is -0.383 e. The Labute approximate surface area is 59.9 Å². The zero-order valence-corrected chi connectivity index (χ0v) is 5.61. The highest BCUT2D eigenvalue weighted by molar-refractivity contribution is 5.84. The molecule has 0 unspecified atom stereocenters. The molecule has 4 nitrogen and oxygen atoms in total. The average molecular weight is 148 g/mol. The maximum Gasteiger partial charge on any atom is 0.213 e. The summed E-state index contributed by atoms with van der Waals surface area (Å²) in [5.74, 6) is -0.332. The second-order valence-electron chi connectivity index (χ2n) is 2.39. The van der Waals surface area contributed by atoms with Gasteiger partial charge in [0.1, 0.15) is 6.10 Å². The van der Waals surface area contributed by atoms with Crippen LogP contribution in [0.2, 0.25) is 0 Å². The Bertz CT molecular complexity index is 161. The van der Waals surface area contributed by atoms with Crippen molar-refractivity contribution in [2.45, 2.75) is 31.8 Å². The van der Waals surface area contributed by atoms with Crippen molar-refractivity contribution in [3.63, 3.8) is 0 Å². The summed E-state index contributed by atoms with van der Waals surface area (Å²) in [7, 11) is 0. The van der Waals surface area contributed by atoms with E-state index in [0.29, 0.717) is 0 Å². The van der Waals surface area contributed by atoms with E-state index in [-0.39, 0.29) is 12.2 Å². The lowest BCUT2D eigenvalue weighted by Gasteiger charge is -2.27. The number of ether oxygens (including phenoxy) is 1. The van der Waals surface area contributed by atoms with Gasteiger partial charge in [-0.15, -0.1) is 0 Å². The number of hydrogen-bond donors (Lipinski definition) is 2. The van der Waals surface area contributed by atoms with Crippen molar-refractivity contribution in [1.82, 2.24) is 0 Å². The standard InChI is InChI=1S/C6H10O4/c1-3-6(9)4(7)2-5(8)10-3/h3,5-6,8-9H,2H2,1H3/t3-,5+,6-/m1/s1/i8T. The van der Waals surface area contributed by atoms with Crippen molar-refractivity contribution in [2.24, 2.45) is 0 Å². The highest BCUT2D eigenvalue weighted by Crippen LogP contribution is 2.13. The number of aliphatic hydroxyl groups excluding tert-OH is 2. The summed E-state index contributed by atoms with van der Waals surface area (Å²) in [6.45, 7) is 1.56. The van der Waals surface area contributed by atoms with Gasteiger partial charge in [-0.2, -0.15) is 0 Å². The van der Waals surface area contributed by atoms with E-state index in [4.69, 9.17) is 11.3 Å². The third-order valence-electron chi connectivity index (χ3n) is 1.51. The highest BCUT2D eigenvalue weighted by atomic mass is 16.6. The van der Waals surface area contributed by atoms with Gasteiger partial charge in [-0.05, 0) is 6.92 Å². The Kier molecular flexibility index (Phi) is 1.66. The number of Topliss-reactive ketones (excluding diaryl/α,β-unsaturated/α-hetero) is 1. The quantitative estimate of drug-likeness (QED) is 0.502. The molecule has 58 valence electrons. The molecule has 0 saturated carbocycles. The predicted molar refractivity (Wildman–Crippen MR) is 32.2 cm³/mol. The van der Waals surface area contributed by atoms with Gasteiger partial charge >= 0.3 is 0 Å². The van der Waals surface area contributed by atoms with E-state index in [1.54, 1.807) is 6.92 Å². The Balaban J connectivity index is 2.54. The van der Waals surface area contributed by atoms with Crippen LogP contribution in [0.25, 0.3) is 0 Å². The first-order valence-corrected chi connectivity index (χ1v) is 3.13. The first-order valence-electron chi connectivity index (χ1n) is 3.54. The van der Waals surface area contributed by atoms with Gasteiger partial charge in [0.25, 0.3) is 0 Å². The molecule has 4 heteroatoms. The summed E-state index contributed by atoms with van der Waals surface area (Å²) in [6, 6.07) is 0. The normalized spacial score (nSPS) is 43.2. The molecular formula is C6H10O4. The van der Waals surface area contributed by atoms with Crippen LogP contribution in [0.5, 0.6) is 0 Å². The minimum atomic E-state index is -1.07. The molecule has 0 aromatic carbocycles. The van der Waals surface area contributed by atoms with Gasteiger partial charge in [0.05, 0.1) is 12.5 Å². The number of aliphatic hydroxyl groups is 2. The summed E-state index contributed by atoms with van der Waals surface area (Å²) in [4.78, 5) is 10.9. The lowest BCUT2D eigenvalue weighted by Crippen LogP contribution is -2.43. The van der Waals surface area contributed by atoms with Gasteiger partial charge < -0.3 is 15.0 Å². The molecule has 0 aliphatic carbocycles. The Morgan fingerprint density at radius 3 is 3.10 bits per heavy atom. The lowest BCUT2D eigenvalue weighted by atomic mass is 10.1. The Morgan fingerprint density at radius 2 is 2.60 bits per heavy atom. The summed E-state index contributed by atoms with van der Waals surface area (Å²) in [5.41, 5.74) is 0. The molecule has 1 aliphatic rings. The van der Waals surface area contributed by atoms with Crippen LogP contribution in [-0.2, 0) is 9.53 Å². The molecule has 1 heterocycles. The Hall–Kier alpha value is -0.450. The molecule has 1 saturated heterocycles. The summed E-state index contributed by atoms with van der Waals surface area (Å²) < 4.78 is 11.4. The fraction of sp³-hybridized carbons (Fsp3) is 0.833. The molecule has 0 aromatic heterocycles. The first-order chi connectivity index (χ1) is 5.15. The van der Waals surface area contributed by atoms with Gasteiger partial charge in [0.2, 0.25) is 1.43 Å². The number of rotatable bonds is 1. The SMILES string of the molecule is [3H]O[C@@H]1CC(=O)[C@H](O)[C@@H](C)O1. The first kappa shape index (κ1) is 6.27. The second-order valence-corrected chi connectivity index (χ2v) is 2.39. The third-order valence-corrected chi connectivity index (χ3v) is 1.51. The fourth-order valence-corrected chi connectivity index (χ4v) is 0.909. The van der Waals surface area contributed by atoms with E-state index in [0.717, 1.165) is 0 Å². The molecule has 10 heavy (non-hydrogen) atoms. The molecule has 0 bridgehead atoms. The third kappa shape index (κ3) is 1.34. The molecule has 0 aromatic rings. The predicted octanol–water partition coefficient (Wildman–Crippen LogP) is -0.956. The van der Waals surface area contributed by atoms with Crippen LogP contribution in [0.15, 0.2) is 0 Å². The monoisotopic (exact) mass is 148 g/mol. The van der Waals surface area contributed by atoms with Crippen molar-refractivity contribution < 1.29 is 19.7 Å². The van der Waals surface area contributed by atoms with Crippen molar-refractivity contribution in [3.05, 3.63) is 0 Å². The van der Waals surface area contributed by atoms with Crippen LogP contribution in [0.3, 0.4) is 0 Å². The average Bonchev–Trinajstić information content (AvgIpc) is 1.99. The summed E-state index contributed by atoms with van der Waals surface area (Å²) in [6.07, 6.45) is -2.51. The number of carbonyl (C=O) groups is 1.